The first-order valence-electron chi connectivity index (χ1n) is 2.55. The molecule has 0 radical (unpaired) electrons. The number of alkyl halides is 3. The van der Waals surface area contributed by atoms with Crippen molar-refractivity contribution in [2.45, 2.75) is 6.18 Å². The Morgan fingerprint density at radius 2 is 1.58 bits per heavy atom. The summed E-state index contributed by atoms with van der Waals surface area (Å²) in [7, 11) is 0. The molecule has 1 aromatic heterocycles. The van der Waals surface area contributed by atoms with Crippen molar-refractivity contribution < 1.29 is 13.2 Å². The quantitative estimate of drug-likeness (QED) is 0.626. The number of aromatic nitrogens is 2. The minimum atomic E-state index is -4.40. The first-order chi connectivity index (χ1) is 5.00. The van der Waals surface area contributed by atoms with Crippen LogP contribution in [-0.2, 0) is 6.18 Å². The van der Waals surface area contributed by atoms with Gasteiger partial charge in [-0.25, -0.2) is 9.97 Å². The maximum Gasteiger partial charge on any atom is 0.419 e. The molecule has 68 valence electrons. The van der Waals surface area contributed by atoms with Crippen molar-refractivity contribution in [2.75, 3.05) is 0 Å². The Morgan fingerprint density at radius 1 is 1.17 bits per heavy atom. The molecule has 0 aliphatic carbocycles. The molecule has 2 nitrogen and oxygen atoms in total. The molecule has 0 fully saturated rings. The third-order valence-electron chi connectivity index (χ3n) is 0.948. The molecule has 0 aliphatic heterocycles. The summed E-state index contributed by atoms with van der Waals surface area (Å²) in [6.07, 6.45) is -3.13. The van der Waals surface area contributed by atoms with E-state index >= 15 is 0 Å². The van der Waals surface area contributed by atoms with Crippen LogP contribution in [0, 0.1) is 0 Å². The van der Waals surface area contributed by atoms with Gasteiger partial charge < -0.3 is 0 Å². The number of nitrogens with zero attached hydrogens (tertiary/aromatic N) is 2. The van der Waals surface area contributed by atoms with Gasteiger partial charge in [0.15, 0.2) is 0 Å². The van der Waals surface area contributed by atoms with Gasteiger partial charge in [0.1, 0.15) is 0 Å². The fraction of sp³-hybridized carbons (Fsp3) is 0.200. The van der Waals surface area contributed by atoms with Crippen molar-refractivity contribution in [3.8, 4) is 0 Å². The van der Waals surface area contributed by atoms with Crippen molar-refractivity contribution >= 4 is 24.0 Å². The Bertz CT molecular complexity index is 246. The van der Waals surface area contributed by atoms with Crippen molar-refractivity contribution in [1.82, 2.24) is 9.97 Å². The lowest BCUT2D eigenvalue weighted by Crippen LogP contribution is -2.05. The normalized spacial score (nSPS) is 10.7. The van der Waals surface area contributed by atoms with Gasteiger partial charge in [0.25, 0.3) is 0 Å². The summed E-state index contributed by atoms with van der Waals surface area (Å²) in [6.45, 7) is 0. The van der Waals surface area contributed by atoms with E-state index in [0.717, 1.165) is 0 Å². The second-order valence-electron chi connectivity index (χ2n) is 1.74. The number of rotatable bonds is 0. The number of halogens is 5. The third kappa shape index (κ3) is 2.83. The average molecular weight is 219 g/mol. The van der Waals surface area contributed by atoms with E-state index in [0.29, 0.717) is 12.4 Å². The van der Waals surface area contributed by atoms with Crippen molar-refractivity contribution in [3.05, 3.63) is 23.2 Å². The molecule has 1 rings (SSSR count). The lowest BCUT2D eigenvalue weighted by Gasteiger charge is -2.03. The molecule has 12 heavy (non-hydrogen) atoms. The first kappa shape index (κ1) is 11.4. The summed E-state index contributed by atoms with van der Waals surface area (Å²) in [4.78, 5) is 6.36. The van der Waals surface area contributed by atoms with Crippen LogP contribution < -0.4 is 0 Å². The highest BCUT2D eigenvalue weighted by Crippen LogP contribution is 2.27. The zero-order valence-electron chi connectivity index (χ0n) is 5.47. The molecule has 0 saturated carbocycles. The van der Waals surface area contributed by atoms with Crippen molar-refractivity contribution in [1.29, 1.82) is 0 Å². The van der Waals surface area contributed by atoms with E-state index in [9.17, 15) is 13.2 Å². The van der Waals surface area contributed by atoms with Crippen LogP contribution >= 0.6 is 24.0 Å². The molecule has 0 bridgehead atoms. The summed E-state index contributed by atoms with van der Waals surface area (Å²) in [6, 6.07) is 0. The lowest BCUT2D eigenvalue weighted by atomic mass is 10.3. The van der Waals surface area contributed by atoms with E-state index < -0.39 is 11.7 Å². The highest BCUT2D eigenvalue weighted by molar-refractivity contribution is 6.28. The molecule has 0 aliphatic rings. The SMILES string of the molecule is Cl.FC(F)(F)c1cnc(Cl)nc1. The zero-order valence-corrected chi connectivity index (χ0v) is 7.04. The maximum absolute atomic E-state index is 11.8. The molecule has 0 spiro atoms. The predicted octanol–water partition coefficient (Wildman–Crippen LogP) is 2.57. The second-order valence-corrected chi connectivity index (χ2v) is 2.08. The van der Waals surface area contributed by atoms with Crippen molar-refractivity contribution in [2.24, 2.45) is 0 Å². The van der Waals surface area contributed by atoms with Gasteiger partial charge in [0, 0.05) is 12.4 Å². The summed E-state index contributed by atoms with van der Waals surface area (Å²) in [5.74, 6) is 0. The van der Waals surface area contributed by atoms with Gasteiger partial charge in [-0.3, -0.25) is 0 Å². The van der Waals surface area contributed by atoms with E-state index in [1.807, 2.05) is 0 Å². The summed E-state index contributed by atoms with van der Waals surface area (Å²) >= 11 is 5.17. The van der Waals surface area contributed by atoms with Crippen LogP contribution in [-0.4, -0.2) is 9.97 Å². The summed E-state index contributed by atoms with van der Waals surface area (Å²) in [5.41, 5.74) is -0.901. The number of hydrogen-bond acceptors (Lipinski definition) is 2. The Morgan fingerprint density at radius 3 is 1.92 bits per heavy atom. The van der Waals surface area contributed by atoms with Crippen LogP contribution in [0.3, 0.4) is 0 Å². The average Bonchev–Trinajstić information content (AvgIpc) is 1.86. The zero-order chi connectivity index (χ0) is 8.48. The van der Waals surface area contributed by atoms with E-state index in [2.05, 4.69) is 9.97 Å². The standard InChI is InChI=1S/C5H2ClF3N2.ClH/c6-4-10-1-3(2-11-4)5(7,8)9;/h1-2H;1H. The van der Waals surface area contributed by atoms with E-state index in [1.54, 1.807) is 0 Å². The maximum atomic E-state index is 11.8. The molecule has 0 amide bonds. The minimum Gasteiger partial charge on any atom is -0.226 e. The van der Waals surface area contributed by atoms with Gasteiger partial charge in [0.2, 0.25) is 5.28 Å². The van der Waals surface area contributed by atoms with Crippen molar-refractivity contribution in [3.63, 3.8) is 0 Å². The van der Waals surface area contributed by atoms with Crippen LogP contribution in [0.25, 0.3) is 0 Å². The van der Waals surface area contributed by atoms with Gasteiger partial charge in [-0.15, -0.1) is 12.4 Å². The summed E-state index contributed by atoms with van der Waals surface area (Å²) in [5, 5.41) is -0.196. The van der Waals surface area contributed by atoms with Crippen LogP contribution in [0.1, 0.15) is 5.56 Å². The molecule has 7 heteroatoms. The van der Waals surface area contributed by atoms with Crippen LogP contribution in [0.5, 0.6) is 0 Å². The Hall–Kier alpha value is -0.550. The second kappa shape index (κ2) is 3.91. The third-order valence-corrected chi connectivity index (χ3v) is 1.14. The Kier molecular flexibility index (Phi) is 3.73. The monoisotopic (exact) mass is 218 g/mol. The van der Waals surface area contributed by atoms with Crippen LogP contribution in [0.2, 0.25) is 5.28 Å². The highest BCUT2D eigenvalue weighted by Gasteiger charge is 2.31. The minimum absolute atomic E-state index is 0. The molecular formula is C5H3Cl2F3N2. The largest absolute Gasteiger partial charge is 0.419 e. The fourth-order valence-corrected chi connectivity index (χ4v) is 0.556. The van der Waals surface area contributed by atoms with Gasteiger partial charge in [-0.2, -0.15) is 13.2 Å². The molecule has 1 heterocycles. The topological polar surface area (TPSA) is 25.8 Å². The molecule has 0 N–H and O–H groups in total. The van der Waals surface area contributed by atoms with Crippen LogP contribution in [0.4, 0.5) is 13.2 Å². The molecule has 0 atom stereocenters. The van der Waals surface area contributed by atoms with Gasteiger partial charge in [-0.05, 0) is 11.6 Å². The molecule has 1 aromatic rings. The number of hydrogen-bond donors (Lipinski definition) is 0. The molecule has 0 unspecified atom stereocenters. The van der Waals surface area contributed by atoms with E-state index in [4.69, 9.17) is 11.6 Å². The smallest absolute Gasteiger partial charge is 0.226 e. The Balaban J connectivity index is 0.00000121. The van der Waals surface area contributed by atoms with Gasteiger partial charge in [-0.1, -0.05) is 0 Å². The highest BCUT2D eigenvalue weighted by atomic mass is 35.5. The van der Waals surface area contributed by atoms with E-state index in [1.165, 1.54) is 0 Å². The summed E-state index contributed by atoms with van der Waals surface area (Å²) < 4.78 is 35.4. The Labute approximate surface area is 77.2 Å². The van der Waals surface area contributed by atoms with Gasteiger partial charge in [0.05, 0.1) is 5.56 Å². The van der Waals surface area contributed by atoms with Crippen LogP contribution in [0.15, 0.2) is 12.4 Å². The predicted molar refractivity (Wildman–Crippen MR) is 39.3 cm³/mol. The van der Waals surface area contributed by atoms with E-state index in [-0.39, 0.29) is 17.7 Å². The first-order valence-corrected chi connectivity index (χ1v) is 2.92. The molecule has 0 aromatic carbocycles. The molecular weight excluding hydrogens is 216 g/mol. The fourth-order valence-electron chi connectivity index (χ4n) is 0.459. The lowest BCUT2D eigenvalue weighted by molar-refractivity contribution is -0.138. The molecule has 0 saturated heterocycles. The van der Waals surface area contributed by atoms with Gasteiger partial charge >= 0.3 is 6.18 Å².